The summed E-state index contributed by atoms with van der Waals surface area (Å²) >= 11 is 0. The number of H-pyrrole nitrogens is 1. The van der Waals surface area contributed by atoms with Crippen LogP contribution in [-0.4, -0.2) is 74.7 Å². The van der Waals surface area contributed by atoms with Crippen molar-refractivity contribution in [1.82, 2.24) is 35.2 Å². The molecule has 8 rings (SSSR count). The number of rotatable bonds is 6. The number of fused-ring (bicyclic) bond motifs is 1. The standard InChI is InChI=1S/C24H30FN9O2/c25-16-7-15(8-19(16)36-23(35)30-24-10-14(11-24)12-24)17-9-20(32-31-17)29-22-28-13-18(21-27-3-6-34(21)22)33-4-1-26-2-5-33/h3,6,9,13-16,19,26H,1-2,4-5,7-8,10-12H2,(H,30,35)(H2,28,29,31,32)/t14?,15-,16+,19-,24?/m0/s1. The number of halogens is 1. The molecule has 4 saturated carbocycles. The Bertz CT molecular complexity index is 1270. The number of aromatic amines is 1. The van der Waals surface area contributed by atoms with Gasteiger partial charge in [0, 0.05) is 61.8 Å². The van der Waals surface area contributed by atoms with Crippen molar-refractivity contribution in [3.63, 3.8) is 0 Å². The number of alkyl halides is 1. The van der Waals surface area contributed by atoms with Crippen LogP contribution in [-0.2, 0) is 4.74 Å². The largest absolute Gasteiger partial charge is 0.443 e. The summed E-state index contributed by atoms with van der Waals surface area (Å²) in [5.41, 5.74) is 2.57. The van der Waals surface area contributed by atoms with Crippen molar-refractivity contribution in [1.29, 1.82) is 0 Å². The van der Waals surface area contributed by atoms with Gasteiger partial charge in [-0.15, -0.1) is 0 Å². The zero-order valence-corrected chi connectivity index (χ0v) is 19.9. The van der Waals surface area contributed by atoms with Gasteiger partial charge in [-0.2, -0.15) is 5.10 Å². The second-order valence-electron chi connectivity index (χ2n) is 10.7. The normalized spacial score (nSPS) is 31.1. The van der Waals surface area contributed by atoms with E-state index in [1.807, 2.05) is 22.9 Å². The second-order valence-corrected chi connectivity index (χ2v) is 10.7. The molecule has 3 aromatic heterocycles. The molecule has 4 aliphatic carbocycles. The van der Waals surface area contributed by atoms with Gasteiger partial charge in [0.2, 0.25) is 5.95 Å². The second kappa shape index (κ2) is 8.32. The minimum Gasteiger partial charge on any atom is -0.443 e. The first-order valence-corrected chi connectivity index (χ1v) is 12.8. The predicted octanol–water partition coefficient (Wildman–Crippen LogP) is 2.47. The minimum absolute atomic E-state index is 0.0760. The molecule has 2 bridgehead atoms. The van der Waals surface area contributed by atoms with Gasteiger partial charge >= 0.3 is 6.09 Å². The van der Waals surface area contributed by atoms with E-state index in [1.165, 1.54) is 0 Å². The highest BCUT2D eigenvalue weighted by atomic mass is 19.1. The summed E-state index contributed by atoms with van der Waals surface area (Å²) in [6.45, 7) is 3.68. The molecule has 4 heterocycles. The van der Waals surface area contributed by atoms with E-state index in [9.17, 15) is 9.18 Å². The number of ether oxygens (including phenoxy) is 1. The Kier molecular flexibility index (Phi) is 5.05. The predicted molar refractivity (Wildman–Crippen MR) is 130 cm³/mol. The van der Waals surface area contributed by atoms with E-state index in [1.54, 1.807) is 6.20 Å². The highest BCUT2D eigenvalue weighted by Crippen LogP contribution is 2.57. The maximum atomic E-state index is 14.7. The van der Waals surface area contributed by atoms with Crippen molar-refractivity contribution in [3.05, 3.63) is 30.4 Å². The van der Waals surface area contributed by atoms with Crippen molar-refractivity contribution >= 4 is 29.2 Å². The SMILES string of the molecule is O=C(NC12CC(C1)C2)O[C@H]1C[C@@H](c2cc(Nc3ncc(N4CCNCC4)c4nccn34)n[nH]2)C[C@H]1F. The van der Waals surface area contributed by atoms with E-state index < -0.39 is 18.4 Å². The molecule has 5 fully saturated rings. The number of amides is 1. The van der Waals surface area contributed by atoms with Gasteiger partial charge in [-0.1, -0.05) is 0 Å². The number of carbonyl (C=O) groups is 1. The average Bonchev–Trinajstić information content (AvgIpc) is 3.57. The molecule has 1 aliphatic heterocycles. The topological polar surface area (TPSA) is 124 Å². The third-order valence-electron chi connectivity index (χ3n) is 8.24. The lowest BCUT2D eigenvalue weighted by Gasteiger charge is -2.61. The van der Waals surface area contributed by atoms with Crippen LogP contribution >= 0.6 is 0 Å². The lowest BCUT2D eigenvalue weighted by molar-refractivity contribution is -0.0530. The molecule has 4 N–H and O–H groups in total. The molecule has 0 aromatic carbocycles. The Morgan fingerprint density at radius 1 is 1.19 bits per heavy atom. The van der Waals surface area contributed by atoms with Crippen LogP contribution in [0.4, 0.5) is 26.6 Å². The Hall–Kier alpha value is -3.41. The van der Waals surface area contributed by atoms with E-state index in [4.69, 9.17) is 4.74 Å². The summed E-state index contributed by atoms with van der Waals surface area (Å²) in [6.07, 6.45) is 6.82. The van der Waals surface area contributed by atoms with Crippen LogP contribution in [0.2, 0.25) is 0 Å². The molecular weight excluding hydrogens is 465 g/mol. The number of alkyl carbamates (subject to hydrolysis) is 1. The Morgan fingerprint density at radius 3 is 2.81 bits per heavy atom. The highest BCUT2D eigenvalue weighted by molar-refractivity contribution is 5.71. The number of hydrogen-bond donors (Lipinski definition) is 4. The van der Waals surface area contributed by atoms with E-state index in [-0.39, 0.29) is 17.9 Å². The van der Waals surface area contributed by atoms with Gasteiger partial charge in [-0.3, -0.25) is 9.50 Å². The van der Waals surface area contributed by atoms with Gasteiger partial charge in [0.15, 0.2) is 11.5 Å². The summed E-state index contributed by atoms with van der Waals surface area (Å²) in [7, 11) is 0. The molecule has 3 atom stereocenters. The smallest absolute Gasteiger partial charge is 0.407 e. The van der Waals surface area contributed by atoms with Crippen LogP contribution in [0.3, 0.4) is 0 Å². The molecular formula is C24H30FN9O2. The van der Waals surface area contributed by atoms with Gasteiger partial charge in [-0.05, 0) is 38.0 Å². The van der Waals surface area contributed by atoms with Gasteiger partial charge < -0.3 is 25.6 Å². The first-order chi connectivity index (χ1) is 17.6. The number of hydrogen-bond acceptors (Lipinski definition) is 8. The molecule has 3 aromatic rings. The van der Waals surface area contributed by atoms with Crippen LogP contribution in [0.25, 0.3) is 5.65 Å². The number of imidazole rings is 1. The summed E-state index contributed by atoms with van der Waals surface area (Å²) in [6, 6.07) is 1.87. The molecule has 5 aliphatic rings. The Labute approximate surface area is 207 Å². The number of piperazine rings is 1. The van der Waals surface area contributed by atoms with Gasteiger partial charge in [0.05, 0.1) is 11.9 Å². The molecule has 12 heteroatoms. The molecule has 190 valence electrons. The molecule has 1 saturated heterocycles. The minimum atomic E-state index is -1.20. The monoisotopic (exact) mass is 495 g/mol. The summed E-state index contributed by atoms with van der Waals surface area (Å²) in [5, 5.41) is 17.0. The van der Waals surface area contributed by atoms with E-state index in [2.05, 4.69) is 41.0 Å². The molecule has 36 heavy (non-hydrogen) atoms. The van der Waals surface area contributed by atoms with E-state index in [0.717, 1.165) is 68.4 Å². The first kappa shape index (κ1) is 21.8. The van der Waals surface area contributed by atoms with E-state index >= 15 is 0 Å². The fourth-order valence-electron chi connectivity index (χ4n) is 6.19. The Morgan fingerprint density at radius 2 is 2.03 bits per heavy atom. The highest BCUT2D eigenvalue weighted by Gasteiger charge is 2.58. The molecule has 0 unspecified atom stereocenters. The van der Waals surface area contributed by atoms with Crippen molar-refractivity contribution < 1.29 is 13.9 Å². The number of nitrogens with zero attached hydrogens (tertiary/aromatic N) is 5. The quantitative estimate of drug-likeness (QED) is 0.411. The zero-order valence-electron chi connectivity index (χ0n) is 19.9. The van der Waals surface area contributed by atoms with Crippen LogP contribution < -0.4 is 20.9 Å². The third kappa shape index (κ3) is 3.74. The van der Waals surface area contributed by atoms with Crippen molar-refractivity contribution in [2.24, 2.45) is 5.92 Å². The third-order valence-corrected chi connectivity index (χ3v) is 8.24. The fraction of sp³-hybridized carbons (Fsp3) is 0.583. The summed E-state index contributed by atoms with van der Waals surface area (Å²) in [5.74, 6) is 1.83. The van der Waals surface area contributed by atoms with Crippen LogP contribution in [0.15, 0.2) is 24.7 Å². The molecule has 1 amide bonds. The number of anilines is 3. The fourth-order valence-corrected chi connectivity index (χ4v) is 6.19. The Balaban J connectivity index is 1.01. The maximum absolute atomic E-state index is 14.7. The van der Waals surface area contributed by atoms with Crippen molar-refractivity contribution in [2.45, 2.75) is 55.8 Å². The molecule has 0 radical (unpaired) electrons. The lowest BCUT2D eigenvalue weighted by Crippen LogP contribution is -2.68. The number of aromatic nitrogens is 5. The molecule has 0 spiro atoms. The van der Waals surface area contributed by atoms with Crippen LogP contribution in [0.1, 0.15) is 43.7 Å². The average molecular weight is 496 g/mol. The number of carbonyl (C=O) groups excluding carboxylic acids is 1. The van der Waals surface area contributed by atoms with Gasteiger partial charge in [-0.25, -0.2) is 19.2 Å². The lowest BCUT2D eigenvalue weighted by atomic mass is 9.50. The van der Waals surface area contributed by atoms with Crippen molar-refractivity contribution in [2.75, 3.05) is 36.4 Å². The van der Waals surface area contributed by atoms with Gasteiger partial charge in [0.25, 0.3) is 0 Å². The first-order valence-electron chi connectivity index (χ1n) is 12.8. The van der Waals surface area contributed by atoms with Crippen molar-refractivity contribution in [3.8, 4) is 0 Å². The number of nitrogens with one attached hydrogen (secondary N) is 4. The molecule has 11 nitrogen and oxygen atoms in total. The van der Waals surface area contributed by atoms with E-state index in [0.29, 0.717) is 18.2 Å². The van der Waals surface area contributed by atoms with Crippen LogP contribution in [0, 0.1) is 5.92 Å². The summed E-state index contributed by atoms with van der Waals surface area (Å²) < 4.78 is 22.1. The zero-order chi connectivity index (χ0) is 24.3. The van der Waals surface area contributed by atoms with Crippen LogP contribution in [0.5, 0.6) is 0 Å². The van der Waals surface area contributed by atoms with Gasteiger partial charge in [0.1, 0.15) is 12.3 Å². The summed E-state index contributed by atoms with van der Waals surface area (Å²) in [4.78, 5) is 23.7. The maximum Gasteiger partial charge on any atom is 0.407 e.